The lowest BCUT2D eigenvalue weighted by molar-refractivity contribution is 0.215. The largest absolute Gasteiger partial charge is 0.494 e. The second-order valence-electron chi connectivity index (χ2n) is 5.46. The van der Waals surface area contributed by atoms with Crippen LogP contribution in [0.5, 0.6) is 11.6 Å². The molecule has 0 amide bonds. The fourth-order valence-electron chi connectivity index (χ4n) is 2.43. The summed E-state index contributed by atoms with van der Waals surface area (Å²) in [5.41, 5.74) is 1.83. The van der Waals surface area contributed by atoms with Crippen LogP contribution >= 0.6 is 0 Å². The van der Waals surface area contributed by atoms with Gasteiger partial charge in [0.25, 0.3) is 0 Å². The first kappa shape index (κ1) is 14.4. The molecule has 2 heterocycles. The first-order valence-corrected chi connectivity index (χ1v) is 7.56. The number of nitrogens with zero attached hydrogens (tertiary/aromatic N) is 2. The highest BCUT2D eigenvalue weighted by molar-refractivity contribution is 5.84. The lowest BCUT2D eigenvalue weighted by atomic mass is 10.2. The molecule has 22 heavy (non-hydrogen) atoms. The number of aromatic hydroxyl groups is 1. The normalized spacial score (nSPS) is 12.5. The SMILES string of the molecule is CCC(C)Oc1ccccc1Cn1cc2ncccc2c1O. The van der Waals surface area contributed by atoms with Crippen LogP contribution in [0.15, 0.2) is 48.8 Å². The van der Waals surface area contributed by atoms with E-state index in [1.807, 2.05) is 42.6 Å². The van der Waals surface area contributed by atoms with E-state index >= 15 is 0 Å². The lowest BCUT2D eigenvalue weighted by Crippen LogP contribution is -2.12. The van der Waals surface area contributed by atoms with Gasteiger partial charge in [0, 0.05) is 18.0 Å². The number of ether oxygens (including phenoxy) is 1. The number of pyridine rings is 1. The molecule has 0 aliphatic heterocycles. The van der Waals surface area contributed by atoms with E-state index in [4.69, 9.17) is 4.74 Å². The number of fused-ring (bicyclic) bond motifs is 1. The molecule has 4 nitrogen and oxygen atoms in total. The van der Waals surface area contributed by atoms with Crippen LogP contribution in [0.3, 0.4) is 0 Å². The first-order chi connectivity index (χ1) is 10.7. The van der Waals surface area contributed by atoms with Crippen molar-refractivity contribution in [3.8, 4) is 11.6 Å². The summed E-state index contributed by atoms with van der Waals surface area (Å²) < 4.78 is 7.77. The van der Waals surface area contributed by atoms with Crippen LogP contribution in [0, 0.1) is 0 Å². The van der Waals surface area contributed by atoms with E-state index in [1.54, 1.807) is 10.8 Å². The van der Waals surface area contributed by atoms with Crippen molar-refractivity contribution in [1.82, 2.24) is 9.55 Å². The molecule has 2 aromatic heterocycles. The number of hydrogen-bond acceptors (Lipinski definition) is 3. The predicted molar refractivity (Wildman–Crippen MR) is 87.3 cm³/mol. The Labute approximate surface area is 130 Å². The molecule has 4 heteroatoms. The molecule has 1 atom stereocenters. The van der Waals surface area contributed by atoms with Gasteiger partial charge in [0.15, 0.2) is 0 Å². The summed E-state index contributed by atoms with van der Waals surface area (Å²) in [5.74, 6) is 1.10. The van der Waals surface area contributed by atoms with E-state index in [9.17, 15) is 5.11 Å². The van der Waals surface area contributed by atoms with Gasteiger partial charge in [-0.2, -0.15) is 0 Å². The van der Waals surface area contributed by atoms with Crippen molar-refractivity contribution in [2.75, 3.05) is 0 Å². The highest BCUT2D eigenvalue weighted by Crippen LogP contribution is 2.28. The molecule has 0 radical (unpaired) electrons. The van der Waals surface area contributed by atoms with Gasteiger partial charge in [0.05, 0.1) is 23.6 Å². The minimum absolute atomic E-state index is 0.167. The quantitative estimate of drug-likeness (QED) is 0.775. The third kappa shape index (κ3) is 2.77. The maximum absolute atomic E-state index is 10.4. The van der Waals surface area contributed by atoms with Crippen LogP contribution < -0.4 is 4.74 Å². The van der Waals surface area contributed by atoms with Gasteiger partial charge in [-0.3, -0.25) is 4.98 Å². The standard InChI is InChI=1S/C18H20N2O2/c1-3-13(2)22-17-9-5-4-7-14(17)11-20-12-16-15(18(20)21)8-6-10-19-16/h4-10,12-13,21H,3,11H2,1-2H3. The summed E-state index contributed by atoms with van der Waals surface area (Å²) in [6.07, 6.45) is 4.72. The van der Waals surface area contributed by atoms with E-state index < -0.39 is 0 Å². The Morgan fingerprint density at radius 2 is 2.05 bits per heavy atom. The van der Waals surface area contributed by atoms with Crippen LogP contribution in [0.25, 0.3) is 10.9 Å². The zero-order chi connectivity index (χ0) is 15.5. The first-order valence-electron chi connectivity index (χ1n) is 7.56. The van der Waals surface area contributed by atoms with E-state index in [0.29, 0.717) is 6.54 Å². The third-order valence-electron chi connectivity index (χ3n) is 3.85. The van der Waals surface area contributed by atoms with Crippen molar-refractivity contribution in [3.63, 3.8) is 0 Å². The van der Waals surface area contributed by atoms with Crippen molar-refractivity contribution >= 4 is 10.9 Å². The van der Waals surface area contributed by atoms with Gasteiger partial charge in [-0.25, -0.2) is 0 Å². The molecular weight excluding hydrogens is 276 g/mol. The highest BCUT2D eigenvalue weighted by Gasteiger charge is 2.12. The van der Waals surface area contributed by atoms with E-state index in [2.05, 4.69) is 18.8 Å². The summed E-state index contributed by atoms with van der Waals surface area (Å²) in [6, 6.07) is 11.6. The Morgan fingerprint density at radius 1 is 1.23 bits per heavy atom. The minimum Gasteiger partial charge on any atom is -0.494 e. The highest BCUT2D eigenvalue weighted by atomic mass is 16.5. The second-order valence-corrected chi connectivity index (χ2v) is 5.46. The number of hydrogen-bond donors (Lipinski definition) is 1. The van der Waals surface area contributed by atoms with Crippen LogP contribution in [-0.2, 0) is 6.54 Å². The maximum atomic E-state index is 10.4. The number of rotatable bonds is 5. The van der Waals surface area contributed by atoms with Gasteiger partial charge in [0.1, 0.15) is 5.75 Å². The zero-order valence-electron chi connectivity index (χ0n) is 12.9. The van der Waals surface area contributed by atoms with Gasteiger partial charge >= 0.3 is 0 Å². The number of para-hydroxylation sites is 1. The van der Waals surface area contributed by atoms with Crippen LogP contribution in [0.4, 0.5) is 0 Å². The molecule has 0 bridgehead atoms. The van der Waals surface area contributed by atoms with E-state index in [-0.39, 0.29) is 12.0 Å². The minimum atomic E-state index is 0.167. The molecular formula is C18H20N2O2. The smallest absolute Gasteiger partial charge is 0.201 e. The molecule has 3 rings (SSSR count). The molecule has 1 N–H and O–H groups in total. The summed E-state index contributed by atoms with van der Waals surface area (Å²) in [6.45, 7) is 4.71. The fourth-order valence-corrected chi connectivity index (χ4v) is 2.43. The Hall–Kier alpha value is -2.49. The zero-order valence-corrected chi connectivity index (χ0v) is 12.9. The van der Waals surface area contributed by atoms with Crippen LogP contribution in [0.2, 0.25) is 0 Å². The molecule has 1 unspecified atom stereocenters. The maximum Gasteiger partial charge on any atom is 0.201 e. The van der Waals surface area contributed by atoms with Gasteiger partial charge in [0.2, 0.25) is 5.88 Å². The Balaban J connectivity index is 1.93. The molecule has 3 aromatic rings. The molecule has 114 valence electrons. The predicted octanol–water partition coefficient (Wildman–Crippen LogP) is 3.97. The topological polar surface area (TPSA) is 47.3 Å². The lowest BCUT2D eigenvalue weighted by Gasteiger charge is -2.16. The summed E-state index contributed by atoms with van der Waals surface area (Å²) in [5, 5.41) is 11.1. The summed E-state index contributed by atoms with van der Waals surface area (Å²) in [7, 11) is 0. The van der Waals surface area contributed by atoms with Gasteiger partial charge < -0.3 is 14.4 Å². The number of aromatic nitrogens is 2. The van der Waals surface area contributed by atoms with Crippen molar-refractivity contribution in [2.45, 2.75) is 32.9 Å². The third-order valence-corrected chi connectivity index (χ3v) is 3.85. The second kappa shape index (κ2) is 6.10. The summed E-state index contributed by atoms with van der Waals surface area (Å²) in [4.78, 5) is 4.28. The van der Waals surface area contributed by atoms with Gasteiger partial charge in [-0.1, -0.05) is 25.1 Å². The molecule has 0 aliphatic rings. The number of benzene rings is 1. The van der Waals surface area contributed by atoms with Crippen molar-refractivity contribution < 1.29 is 9.84 Å². The average Bonchev–Trinajstić information content (AvgIpc) is 2.86. The van der Waals surface area contributed by atoms with Crippen molar-refractivity contribution in [1.29, 1.82) is 0 Å². The van der Waals surface area contributed by atoms with Crippen LogP contribution in [-0.4, -0.2) is 20.8 Å². The monoisotopic (exact) mass is 296 g/mol. The van der Waals surface area contributed by atoms with E-state index in [0.717, 1.165) is 28.6 Å². The molecule has 0 saturated carbocycles. The average molecular weight is 296 g/mol. The van der Waals surface area contributed by atoms with Crippen molar-refractivity contribution in [2.24, 2.45) is 0 Å². The van der Waals surface area contributed by atoms with Gasteiger partial charge in [-0.05, 0) is 31.5 Å². The molecule has 0 saturated heterocycles. The van der Waals surface area contributed by atoms with E-state index in [1.165, 1.54) is 0 Å². The van der Waals surface area contributed by atoms with Crippen molar-refractivity contribution in [3.05, 3.63) is 54.4 Å². The molecule has 0 fully saturated rings. The molecule has 0 spiro atoms. The molecule has 0 aliphatic carbocycles. The Kier molecular flexibility index (Phi) is 4.00. The Bertz CT molecular complexity index is 780. The van der Waals surface area contributed by atoms with Gasteiger partial charge in [-0.15, -0.1) is 0 Å². The fraction of sp³-hybridized carbons (Fsp3) is 0.278. The molecule has 1 aromatic carbocycles. The summed E-state index contributed by atoms with van der Waals surface area (Å²) >= 11 is 0. The van der Waals surface area contributed by atoms with Crippen LogP contribution in [0.1, 0.15) is 25.8 Å². The Morgan fingerprint density at radius 3 is 2.82 bits per heavy atom.